The van der Waals surface area contributed by atoms with Crippen LogP contribution in [0.2, 0.25) is 0 Å². The van der Waals surface area contributed by atoms with Gasteiger partial charge in [0.2, 0.25) is 0 Å². The van der Waals surface area contributed by atoms with E-state index in [-0.39, 0.29) is 23.4 Å². The summed E-state index contributed by atoms with van der Waals surface area (Å²) in [5.41, 5.74) is 3.81. The molecule has 2 atom stereocenters. The molecule has 0 unspecified atom stereocenters. The Hall–Kier alpha value is -4.37. The van der Waals surface area contributed by atoms with E-state index in [1.807, 2.05) is 33.7 Å². The van der Waals surface area contributed by atoms with Gasteiger partial charge in [-0.1, -0.05) is 42.5 Å². The number of hydrogen-bond donors (Lipinski definition) is 1. The number of nitrogens with zero attached hydrogens (tertiary/aromatic N) is 3. The lowest BCUT2D eigenvalue weighted by Crippen LogP contribution is -2.50. The molecule has 1 saturated heterocycles. The third-order valence-electron chi connectivity index (χ3n) is 7.19. The van der Waals surface area contributed by atoms with Gasteiger partial charge < -0.3 is 14.8 Å². The SMILES string of the molecule is N#Cc1cccc(NC(=O)N2C[C@H]3C[C@H](C2)c2ccc(-c4ccc5ccccc5c4)c(=O)n2C3)c1. The summed E-state index contributed by atoms with van der Waals surface area (Å²) >= 11 is 0. The highest BCUT2D eigenvalue weighted by atomic mass is 16.2. The molecule has 6 rings (SSSR count). The lowest BCUT2D eigenvalue weighted by Gasteiger charge is -2.42. The van der Waals surface area contributed by atoms with Gasteiger partial charge in [0.15, 0.2) is 0 Å². The summed E-state index contributed by atoms with van der Waals surface area (Å²) in [6.45, 7) is 1.78. The van der Waals surface area contributed by atoms with Crippen molar-refractivity contribution in [2.75, 3.05) is 18.4 Å². The Labute approximate surface area is 203 Å². The monoisotopic (exact) mass is 460 g/mol. The van der Waals surface area contributed by atoms with Crippen molar-refractivity contribution in [3.63, 3.8) is 0 Å². The molecular formula is C29H24N4O2. The van der Waals surface area contributed by atoms with E-state index in [4.69, 9.17) is 5.26 Å². The summed E-state index contributed by atoms with van der Waals surface area (Å²) in [7, 11) is 0. The van der Waals surface area contributed by atoms with E-state index in [2.05, 4.69) is 41.7 Å². The third-order valence-corrected chi connectivity index (χ3v) is 7.19. The first-order chi connectivity index (χ1) is 17.1. The average Bonchev–Trinajstić information content (AvgIpc) is 2.89. The number of carbonyl (C=O) groups excluding carboxylic acids is 1. The van der Waals surface area contributed by atoms with E-state index in [0.717, 1.165) is 28.5 Å². The number of nitriles is 1. The van der Waals surface area contributed by atoms with Crippen LogP contribution < -0.4 is 10.9 Å². The minimum Gasteiger partial charge on any atom is -0.324 e. The second-order valence-corrected chi connectivity index (χ2v) is 9.48. The number of aromatic nitrogens is 1. The van der Waals surface area contributed by atoms with E-state index in [1.165, 1.54) is 0 Å². The topological polar surface area (TPSA) is 78.1 Å². The number of rotatable bonds is 2. The van der Waals surface area contributed by atoms with Crippen molar-refractivity contribution in [2.45, 2.75) is 18.9 Å². The average molecular weight is 461 g/mol. The molecule has 0 spiro atoms. The second-order valence-electron chi connectivity index (χ2n) is 9.48. The number of benzene rings is 3. The van der Waals surface area contributed by atoms with Crippen molar-refractivity contribution >= 4 is 22.5 Å². The summed E-state index contributed by atoms with van der Waals surface area (Å²) in [6.07, 6.45) is 0.975. The molecular weight excluding hydrogens is 436 g/mol. The van der Waals surface area contributed by atoms with Gasteiger partial charge in [0.1, 0.15) is 0 Å². The van der Waals surface area contributed by atoms with E-state index >= 15 is 0 Å². The molecule has 3 heterocycles. The number of urea groups is 1. The Balaban J connectivity index is 1.26. The summed E-state index contributed by atoms with van der Waals surface area (Å²) in [5, 5.41) is 14.3. The number of amides is 2. The van der Waals surface area contributed by atoms with Crippen LogP contribution in [0, 0.1) is 17.2 Å². The van der Waals surface area contributed by atoms with Gasteiger partial charge in [-0.2, -0.15) is 5.26 Å². The Morgan fingerprint density at radius 2 is 1.77 bits per heavy atom. The summed E-state index contributed by atoms with van der Waals surface area (Å²) in [4.78, 5) is 28.4. The smallest absolute Gasteiger partial charge is 0.321 e. The maximum atomic E-state index is 13.5. The fraction of sp³-hybridized carbons (Fsp3) is 0.207. The molecule has 0 radical (unpaired) electrons. The summed E-state index contributed by atoms with van der Waals surface area (Å²) < 4.78 is 1.93. The van der Waals surface area contributed by atoms with E-state index < -0.39 is 0 Å². The number of pyridine rings is 1. The molecule has 1 fully saturated rings. The summed E-state index contributed by atoms with van der Waals surface area (Å²) in [6, 6.07) is 27.2. The first kappa shape index (κ1) is 21.2. The quantitative estimate of drug-likeness (QED) is 0.447. The Morgan fingerprint density at radius 3 is 2.63 bits per heavy atom. The summed E-state index contributed by atoms with van der Waals surface area (Å²) in [5.74, 6) is 0.346. The molecule has 172 valence electrons. The predicted molar refractivity (Wildman–Crippen MR) is 136 cm³/mol. The van der Waals surface area contributed by atoms with Gasteiger partial charge in [0.25, 0.3) is 5.56 Å². The Kier molecular flexibility index (Phi) is 5.11. The van der Waals surface area contributed by atoms with Gasteiger partial charge in [0.05, 0.1) is 11.6 Å². The van der Waals surface area contributed by atoms with Crippen molar-refractivity contribution in [2.24, 2.45) is 5.92 Å². The van der Waals surface area contributed by atoms with Crippen molar-refractivity contribution in [1.82, 2.24) is 9.47 Å². The highest BCUT2D eigenvalue weighted by Crippen LogP contribution is 2.36. The third kappa shape index (κ3) is 3.85. The van der Waals surface area contributed by atoms with Crippen molar-refractivity contribution in [3.05, 3.63) is 100 Å². The highest BCUT2D eigenvalue weighted by Gasteiger charge is 2.36. The highest BCUT2D eigenvalue weighted by molar-refractivity contribution is 5.90. The number of hydrogen-bond acceptors (Lipinski definition) is 3. The Morgan fingerprint density at radius 1 is 0.914 bits per heavy atom. The normalized spacial score (nSPS) is 18.5. The van der Waals surface area contributed by atoms with Crippen molar-refractivity contribution in [3.8, 4) is 17.2 Å². The van der Waals surface area contributed by atoms with Crippen LogP contribution in [0.15, 0.2) is 83.7 Å². The molecule has 1 N–H and O–H groups in total. The molecule has 2 amide bonds. The first-order valence-electron chi connectivity index (χ1n) is 11.9. The zero-order valence-corrected chi connectivity index (χ0v) is 19.1. The lowest BCUT2D eigenvalue weighted by atomic mass is 9.83. The molecule has 1 aromatic heterocycles. The van der Waals surface area contributed by atoms with E-state index in [9.17, 15) is 9.59 Å². The van der Waals surface area contributed by atoms with Crippen LogP contribution >= 0.6 is 0 Å². The van der Waals surface area contributed by atoms with Crippen molar-refractivity contribution in [1.29, 1.82) is 5.26 Å². The number of carbonyl (C=O) groups is 1. The van der Waals surface area contributed by atoms with Crippen LogP contribution in [-0.2, 0) is 6.54 Å². The van der Waals surface area contributed by atoms with E-state index in [1.54, 1.807) is 24.3 Å². The molecule has 6 heteroatoms. The zero-order chi connectivity index (χ0) is 23.9. The molecule has 4 aromatic rings. The van der Waals surface area contributed by atoms with Gasteiger partial charge in [-0.15, -0.1) is 0 Å². The minimum absolute atomic E-state index is 0.0405. The maximum absolute atomic E-state index is 13.5. The van der Waals surface area contributed by atoms with Crippen LogP contribution in [0.1, 0.15) is 23.6 Å². The zero-order valence-electron chi connectivity index (χ0n) is 19.1. The molecule has 2 aliphatic rings. The van der Waals surface area contributed by atoms with Gasteiger partial charge in [0, 0.05) is 42.5 Å². The number of fused-ring (bicyclic) bond motifs is 5. The lowest BCUT2D eigenvalue weighted by molar-refractivity contribution is 0.139. The second kappa shape index (κ2) is 8.44. The molecule has 2 bridgehead atoms. The van der Waals surface area contributed by atoms with Gasteiger partial charge in [-0.05, 0) is 65.1 Å². The van der Waals surface area contributed by atoms with Gasteiger partial charge >= 0.3 is 6.03 Å². The molecule has 35 heavy (non-hydrogen) atoms. The van der Waals surface area contributed by atoms with Gasteiger partial charge in [-0.3, -0.25) is 4.79 Å². The van der Waals surface area contributed by atoms with Crippen LogP contribution in [0.3, 0.4) is 0 Å². The molecule has 0 saturated carbocycles. The van der Waals surface area contributed by atoms with Crippen LogP contribution in [0.4, 0.5) is 10.5 Å². The molecule has 6 nitrogen and oxygen atoms in total. The first-order valence-corrected chi connectivity index (χ1v) is 11.9. The number of piperidine rings is 1. The maximum Gasteiger partial charge on any atom is 0.321 e. The number of likely N-dealkylation sites (tertiary alicyclic amines) is 1. The fourth-order valence-electron chi connectivity index (χ4n) is 5.56. The van der Waals surface area contributed by atoms with E-state index in [0.29, 0.717) is 36.4 Å². The number of nitrogens with one attached hydrogen (secondary N) is 1. The van der Waals surface area contributed by atoms with Gasteiger partial charge in [-0.25, -0.2) is 4.79 Å². The number of anilines is 1. The van der Waals surface area contributed by atoms with Crippen LogP contribution in [0.25, 0.3) is 21.9 Å². The molecule has 0 aliphatic carbocycles. The largest absolute Gasteiger partial charge is 0.324 e. The van der Waals surface area contributed by atoms with Crippen LogP contribution in [-0.4, -0.2) is 28.6 Å². The molecule has 2 aliphatic heterocycles. The van der Waals surface area contributed by atoms with Crippen molar-refractivity contribution < 1.29 is 4.79 Å². The minimum atomic E-state index is -0.168. The Bertz CT molecular complexity index is 1570. The standard InChI is InChI=1S/C29H24N4O2/c30-15-19-4-3-7-25(13-19)31-29(35)32-16-20-12-24(18-32)27-11-10-26(28(34)33(27)17-20)23-9-8-21-5-1-2-6-22(21)14-23/h1-11,13-14,20,24H,12,16-18H2,(H,31,35)/t20-,24-/m1/s1. The van der Waals surface area contributed by atoms with Crippen LogP contribution in [0.5, 0.6) is 0 Å². The predicted octanol–water partition coefficient (Wildman–Crippen LogP) is 5.19. The fourth-order valence-corrected chi connectivity index (χ4v) is 5.56. The molecule has 3 aromatic carbocycles.